The van der Waals surface area contributed by atoms with Gasteiger partial charge in [-0.15, -0.1) is 0 Å². The number of nitrogens with one attached hydrogen (secondary N) is 1. The minimum atomic E-state index is -0.468. The second-order valence-corrected chi connectivity index (χ2v) is 7.45. The Labute approximate surface area is 167 Å². The monoisotopic (exact) mass is 405 g/mol. The number of fused-ring (bicyclic) bond motifs is 1. The predicted molar refractivity (Wildman–Crippen MR) is 107 cm³/mol. The molecule has 0 fully saturated rings. The molecule has 0 saturated carbocycles. The van der Waals surface area contributed by atoms with E-state index in [0.29, 0.717) is 33.8 Å². The number of ether oxygens (including phenoxy) is 3. The highest BCUT2D eigenvalue weighted by Crippen LogP contribution is 2.43. The lowest BCUT2D eigenvalue weighted by molar-refractivity contribution is -0.116. The largest absolute Gasteiger partial charge is 0.493 e. The summed E-state index contributed by atoms with van der Waals surface area (Å²) in [6, 6.07) is 3.53. The molecule has 0 saturated heterocycles. The molecule has 0 aliphatic carbocycles. The molecule has 1 aliphatic heterocycles. The number of thioether (sulfide) groups is 1. The summed E-state index contributed by atoms with van der Waals surface area (Å²) in [4.78, 5) is 29.5. The average Bonchev–Trinajstić information content (AvgIpc) is 2.69. The predicted octanol–water partition coefficient (Wildman–Crippen LogP) is 2.39. The molecule has 28 heavy (non-hydrogen) atoms. The smallest absolute Gasteiger partial charge is 0.279 e. The number of hydrogen-bond acceptors (Lipinski definition) is 7. The second-order valence-electron chi connectivity index (χ2n) is 6.22. The van der Waals surface area contributed by atoms with E-state index in [1.54, 1.807) is 23.7 Å². The van der Waals surface area contributed by atoms with Gasteiger partial charge in [-0.05, 0) is 23.4 Å². The van der Waals surface area contributed by atoms with Crippen molar-refractivity contribution in [2.24, 2.45) is 7.05 Å². The molecular formula is C19H23N3O5S. The lowest BCUT2D eigenvalue weighted by Crippen LogP contribution is -2.33. The van der Waals surface area contributed by atoms with Gasteiger partial charge in [0.15, 0.2) is 16.7 Å². The van der Waals surface area contributed by atoms with E-state index >= 15 is 0 Å². The molecule has 1 amide bonds. The Morgan fingerprint density at radius 1 is 1.18 bits per heavy atom. The van der Waals surface area contributed by atoms with Gasteiger partial charge in [0.1, 0.15) is 5.82 Å². The van der Waals surface area contributed by atoms with Gasteiger partial charge >= 0.3 is 0 Å². The SMILES string of the molecule is CCSc1nc(=O)c2c(n1C)NC(=O)C[C@H]2c1cc(OC)c(OC)c(OC)c1. The average molecular weight is 405 g/mol. The maximum atomic E-state index is 12.9. The zero-order chi connectivity index (χ0) is 20.4. The van der Waals surface area contributed by atoms with Gasteiger partial charge in [0, 0.05) is 19.4 Å². The van der Waals surface area contributed by atoms with E-state index in [4.69, 9.17) is 14.2 Å². The third-order valence-corrected chi connectivity index (χ3v) is 5.58. The summed E-state index contributed by atoms with van der Waals surface area (Å²) < 4.78 is 18.0. The van der Waals surface area contributed by atoms with Gasteiger partial charge in [0.25, 0.3) is 5.56 Å². The highest BCUT2D eigenvalue weighted by atomic mass is 32.2. The molecular weight excluding hydrogens is 382 g/mol. The Morgan fingerprint density at radius 2 is 1.82 bits per heavy atom. The summed E-state index contributed by atoms with van der Waals surface area (Å²) in [6.07, 6.45) is 0.128. The van der Waals surface area contributed by atoms with Crippen molar-refractivity contribution in [3.05, 3.63) is 33.6 Å². The Morgan fingerprint density at radius 3 is 2.36 bits per heavy atom. The van der Waals surface area contributed by atoms with Crippen LogP contribution in [0.15, 0.2) is 22.1 Å². The van der Waals surface area contributed by atoms with Crippen LogP contribution in [0.3, 0.4) is 0 Å². The Kier molecular flexibility index (Phi) is 5.83. The van der Waals surface area contributed by atoms with Gasteiger partial charge in [-0.2, -0.15) is 4.98 Å². The lowest BCUT2D eigenvalue weighted by Gasteiger charge is -2.28. The molecule has 9 heteroatoms. The summed E-state index contributed by atoms with van der Waals surface area (Å²) in [7, 11) is 6.37. The summed E-state index contributed by atoms with van der Waals surface area (Å²) in [5.41, 5.74) is 0.833. The number of methoxy groups -OCH3 is 3. The first-order valence-electron chi connectivity index (χ1n) is 8.78. The molecule has 1 N–H and O–H groups in total. The molecule has 1 aromatic heterocycles. The zero-order valence-corrected chi connectivity index (χ0v) is 17.3. The molecule has 1 atom stereocenters. The van der Waals surface area contributed by atoms with Gasteiger partial charge in [-0.1, -0.05) is 18.7 Å². The topological polar surface area (TPSA) is 91.7 Å². The van der Waals surface area contributed by atoms with Crippen LogP contribution in [0.25, 0.3) is 0 Å². The molecule has 0 bridgehead atoms. The number of carbonyl (C=O) groups is 1. The third kappa shape index (κ3) is 3.42. The first kappa shape index (κ1) is 20.1. The van der Waals surface area contributed by atoms with E-state index in [0.717, 1.165) is 11.3 Å². The Balaban J connectivity index is 2.22. The fourth-order valence-electron chi connectivity index (χ4n) is 3.38. The van der Waals surface area contributed by atoms with Crippen LogP contribution in [-0.4, -0.2) is 42.5 Å². The lowest BCUT2D eigenvalue weighted by atomic mass is 9.86. The molecule has 1 aliphatic rings. The van der Waals surface area contributed by atoms with E-state index in [-0.39, 0.29) is 17.9 Å². The minimum Gasteiger partial charge on any atom is -0.493 e. The van der Waals surface area contributed by atoms with Gasteiger partial charge in [0.2, 0.25) is 11.7 Å². The summed E-state index contributed by atoms with van der Waals surface area (Å²) in [5.74, 6) is 1.99. The van der Waals surface area contributed by atoms with Crippen molar-refractivity contribution in [1.29, 1.82) is 0 Å². The number of hydrogen-bond donors (Lipinski definition) is 1. The van der Waals surface area contributed by atoms with Crippen LogP contribution in [0.4, 0.5) is 5.82 Å². The number of benzene rings is 1. The van der Waals surface area contributed by atoms with Gasteiger partial charge in [0.05, 0.1) is 26.9 Å². The Hall–Kier alpha value is -2.68. The number of rotatable bonds is 6. The van der Waals surface area contributed by atoms with Crippen molar-refractivity contribution in [1.82, 2.24) is 9.55 Å². The molecule has 2 heterocycles. The number of carbonyl (C=O) groups excluding carboxylic acids is 1. The van der Waals surface area contributed by atoms with Crippen LogP contribution in [0.5, 0.6) is 17.2 Å². The number of nitrogens with zero attached hydrogens (tertiary/aromatic N) is 2. The molecule has 150 valence electrons. The highest BCUT2D eigenvalue weighted by Gasteiger charge is 2.33. The van der Waals surface area contributed by atoms with Crippen LogP contribution in [0.2, 0.25) is 0 Å². The molecule has 0 radical (unpaired) electrons. The first-order valence-corrected chi connectivity index (χ1v) is 9.77. The van der Waals surface area contributed by atoms with Crippen LogP contribution in [0, 0.1) is 0 Å². The number of amides is 1. The standard InChI is InChI=1S/C19H23N3O5S/c1-6-28-19-21-18(24)15-11(9-14(23)20-17(15)22(19)2)10-7-12(25-3)16(27-5)13(8-10)26-4/h7-8,11H,6,9H2,1-5H3,(H,20,23)/t11-/m0/s1. The maximum Gasteiger partial charge on any atom is 0.279 e. The molecule has 2 aromatic rings. The minimum absolute atomic E-state index is 0.128. The van der Waals surface area contributed by atoms with E-state index in [9.17, 15) is 9.59 Å². The second kappa shape index (κ2) is 8.14. The zero-order valence-electron chi connectivity index (χ0n) is 16.5. The molecule has 1 aromatic carbocycles. The van der Waals surface area contributed by atoms with E-state index in [1.165, 1.54) is 33.1 Å². The molecule has 0 spiro atoms. The normalized spacial score (nSPS) is 15.6. The van der Waals surface area contributed by atoms with Crippen LogP contribution in [0.1, 0.15) is 30.4 Å². The summed E-state index contributed by atoms with van der Waals surface area (Å²) >= 11 is 1.45. The van der Waals surface area contributed by atoms with Gasteiger partial charge < -0.3 is 24.1 Å². The van der Waals surface area contributed by atoms with E-state index in [1.807, 2.05) is 6.92 Å². The molecule has 0 unspecified atom stereocenters. The fourth-order valence-corrected chi connectivity index (χ4v) is 4.07. The van der Waals surface area contributed by atoms with Crippen molar-refractivity contribution in [2.45, 2.75) is 24.4 Å². The summed E-state index contributed by atoms with van der Waals surface area (Å²) in [6.45, 7) is 1.98. The van der Waals surface area contributed by atoms with Crippen LogP contribution < -0.4 is 25.1 Å². The van der Waals surface area contributed by atoms with E-state index < -0.39 is 5.92 Å². The summed E-state index contributed by atoms with van der Waals surface area (Å²) in [5, 5.41) is 3.40. The van der Waals surface area contributed by atoms with Crippen molar-refractivity contribution in [2.75, 3.05) is 32.4 Å². The van der Waals surface area contributed by atoms with Crippen LogP contribution in [-0.2, 0) is 11.8 Å². The highest BCUT2D eigenvalue weighted by molar-refractivity contribution is 7.99. The van der Waals surface area contributed by atoms with Crippen molar-refractivity contribution >= 4 is 23.5 Å². The molecule has 3 rings (SSSR count). The van der Waals surface area contributed by atoms with Gasteiger partial charge in [-0.25, -0.2) is 0 Å². The Bertz CT molecular complexity index is 948. The van der Waals surface area contributed by atoms with Crippen molar-refractivity contribution in [3.63, 3.8) is 0 Å². The first-order chi connectivity index (χ1) is 13.4. The van der Waals surface area contributed by atoms with Crippen molar-refractivity contribution in [3.8, 4) is 17.2 Å². The number of aromatic nitrogens is 2. The molecule has 8 nitrogen and oxygen atoms in total. The third-order valence-electron chi connectivity index (χ3n) is 4.66. The van der Waals surface area contributed by atoms with E-state index in [2.05, 4.69) is 10.3 Å². The van der Waals surface area contributed by atoms with Crippen LogP contribution >= 0.6 is 11.8 Å². The number of anilines is 1. The van der Waals surface area contributed by atoms with Gasteiger partial charge in [-0.3, -0.25) is 9.59 Å². The van der Waals surface area contributed by atoms with Crippen molar-refractivity contribution < 1.29 is 19.0 Å². The fraction of sp³-hybridized carbons (Fsp3) is 0.421. The maximum absolute atomic E-state index is 12.9. The quantitative estimate of drug-likeness (QED) is 0.583.